The zero-order chi connectivity index (χ0) is 21.8. The summed E-state index contributed by atoms with van der Waals surface area (Å²) in [6, 6.07) is 3.09. The van der Waals surface area contributed by atoms with E-state index in [1.54, 1.807) is 6.92 Å². The highest BCUT2D eigenvalue weighted by atomic mass is 32.2. The summed E-state index contributed by atoms with van der Waals surface area (Å²) in [4.78, 5) is 21.7. The van der Waals surface area contributed by atoms with Gasteiger partial charge in [-0.25, -0.2) is 21.6 Å². The molecule has 2 N–H and O–H groups in total. The van der Waals surface area contributed by atoms with Crippen molar-refractivity contribution in [3.63, 3.8) is 0 Å². The quantitative estimate of drug-likeness (QED) is 0.513. The van der Waals surface area contributed by atoms with Crippen LogP contribution in [0.25, 0.3) is 0 Å². The normalized spacial score (nSPS) is 18.8. The van der Waals surface area contributed by atoms with E-state index >= 15 is 0 Å². The maximum Gasteiger partial charge on any atom is 0.335 e. The van der Waals surface area contributed by atoms with Crippen molar-refractivity contribution >= 4 is 31.8 Å². The van der Waals surface area contributed by atoms with Crippen LogP contribution in [0, 0.1) is 6.92 Å². The van der Waals surface area contributed by atoms with E-state index in [4.69, 9.17) is 5.11 Å². The van der Waals surface area contributed by atoms with Gasteiger partial charge in [0.1, 0.15) is 0 Å². The minimum absolute atomic E-state index is 0.0235. The number of carbonyl (C=O) groups is 2. The zero-order valence-electron chi connectivity index (χ0n) is 16.1. The van der Waals surface area contributed by atoms with Gasteiger partial charge in [-0.05, 0) is 43.9 Å². The number of carboxylic acid groups (broad SMARTS) is 2. The molecular weight excluding hydrogens is 422 g/mol. The molecule has 1 heterocycles. The minimum Gasteiger partial charge on any atom is -0.481 e. The fraction of sp³-hybridized carbons (Fsp3) is 0.556. The van der Waals surface area contributed by atoms with Gasteiger partial charge in [0.05, 0.1) is 22.0 Å². The van der Waals surface area contributed by atoms with E-state index in [9.17, 15) is 31.5 Å². The Morgan fingerprint density at radius 2 is 1.86 bits per heavy atom. The second kappa shape index (κ2) is 9.23. The lowest BCUT2D eigenvalue weighted by Gasteiger charge is -2.28. The summed E-state index contributed by atoms with van der Waals surface area (Å²) in [6.45, 7) is 1.59. The number of sulfone groups is 1. The first-order valence-corrected chi connectivity index (χ1v) is 12.5. The Balaban J connectivity index is 2.32. The van der Waals surface area contributed by atoms with Crippen molar-refractivity contribution in [3.05, 3.63) is 29.3 Å². The Labute approximate surface area is 170 Å². The van der Waals surface area contributed by atoms with Crippen LogP contribution in [0.5, 0.6) is 0 Å². The second-order valence-electron chi connectivity index (χ2n) is 7.16. The summed E-state index contributed by atoms with van der Waals surface area (Å²) in [5.74, 6) is -2.57. The van der Waals surface area contributed by atoms with E-state index in [1.807, 2.05) is 0 Å². The molecular formula is C18H25NO8S2. The maximum absolute atomic E-state index is 13.3. The van der Waals surface area contributed by atoms with Gasteiger partial charge in [-0.3, -0.25) is 4.79 Å². The van der Waals surface area contributed by atoms with Crippen LogP contribution in [0.3, 0.4) is 0 Å². The molecule has 1 aromatic carbocycles. The second-order valence-corrected chi connectivity index (χ2v) is 11.3. The molecule has 11 heteroatoms. The summed E-state index contributed by atoms with van der Waals surface area (Å²) in [5.41, 5.74) is 0.196. The van der Waals surface area contributed by atoms with Crippen LogP contribution in [0.2, 0.25) is 0 Å². The van der Waals surface area contributed by atoms with E-state index in [0.29, 0.717) is 24.8 Å². The topological polar surface area (TPSA) is 146 Å². The van der Waals surface area contributed by atoms with Crippen molar-refractivity contribution in [2.24, 2.45) is 0 Å². The predicted molar refractivity (Wildman–Crippen MR) is 105 cm³/mol. The van der Waals surface area contributed by atoms with E-state index in [-0.39, 0.29) is 41.4 Å². The van der Waals surface area contributed by atoms with Gasteiger partial charge in [-0.2, -0.15) is 4.31 Å². The van der Waals surface area contributed by atoms with Gasteiger partial charge >= 0.3 is 11.9 Å². The third kappa shape index (κ3) is 6.00. The summed E-state index contributed by atoms with van der Waals surface area (Å²) in [6.07, 6.45) is 1.39. The third-order valence-electron chi connectivity index (χ3n) is 4.91. The highest BCUT2D eigenvalue weighted by Crippen LogP contribution is 2.28. The number of aliphatic carboxylic acids is 1. The predicted octanol–water partition coefficient (Wildman–Crippen LogP) is 1.52. The van der Waals surface area contributed by atoms with E-state index < -0.39 is 37.8 Å². The number of sulfonamides is 1. The molecule has 0 spiro atoms. The van der Waals surface area contributed by atoms with Crippen LogP contribution in [0.4, 0.5) is 0 Å². The van der Waals surface area contributed by atoms with Crippen molar-refractivity contribution in [1.82, 2.24) is 4.31 Å². The average Bonchev–Trinajstić information content (AvgIpc) is 2.96. The molecule has 1 aromatic rings. The average molecular weight is 448 g/mol. The Bertz CT molecular complexity index is 985. The lowest BCUT2D eigenvalue weighted by molar-refractivity contribution is -0.137. The van der Waals surface area contributed by atoms with Crippen LogP contribution in [-0.2, 0) is 24.7 Å². The molecule has 0 unspecified atom stereocenters. The molecule has 9 nitrogen and oxygen atoms in total. The Hall–Kier alpha value is -1.98. The van der Waals surface area contributed by atoms with Crippen molar-refractivity contribution in [1.29, 1.82) is 0 Å². The molecule has 0 radical (unpaired) electrons. The van der Waals surface area contributed by atoms with E-state index in [2.05, 4.69) is 0 Å². The van der Waals surface area contributed by atoms with E-state index in [0.717, 1.165) is 10.4 Å². The molecule has 1 saturated heterocycles. The molecule has 1 aliphatic rings. The fourth-order valence-electron chi connectivity index (χ4n) is 3.36. The molecule has 0 aromatic heterocycles. The molecule has 1 atom stereocenters. The lowest BCUT2D eigenvalue weighted by Crippen LogP contribution is -2.42. The molecule has 0 amide bonds. The van der Waals surface area contributed by atoms with Crippen LogP contribution in [0.15, 0.2) is 23.1 Å². The standard InChI is InChI=1S/C18H25NO8S2/c1-13-6-7-14(18(22)23)11-16(13)29(26,27)19(9-4-2-3-5-17(20)21)15-8-10-28(24,25)12-15/h6-7,11,15H,2-5,8-10,12H2,1H3,(H,20,21)(H,22,23)/t15-/m0/s1. The molecule has 0 saturated carbocycles. The Morgan fingerprint density at radius 3 is 2.41 bits per heavy atom. The van der Waals surface area contributed by atoms with Crippen molar-refractivity contribution in [2.45, 2.75) is 50.0 Å². The third-order valence-corrected chi connectivity index (χ3v) is 8.75. The SMILES string of the molecule is Cc1ccc(C(=O)O)cc1S(=O)(=O)N(CCCCCC(=O)O)[C@H]1CCS(=O)(=O)C1. The maximum atomic E-state index is 13.3. The van der Waals surface area contributed by atoms with Crippen molar-refractivity contribution in [3.8, 4) is 0 Å². The molecule has 2 rings (SSSR count). The van der Waals surface area contributed by atoms with Gasteiger partial charge in [0.25, 0.3) is 0 Å². The highest BCUT2D eigenvalue weighted by Gasteiger charge is 2.39. The van der Waals surface area contributed by atoms with Gasteiger partial charge in [0.2, 0.25) is 10.0 Å². The number of nitrogens with zero attached hydrogens (tertiary/aromatic N) is 1. The molecule has 0 aliphatic carbocycles. The monoisotopic (exact) mass is 447 g/mol. The van der Waals surface area contributed by atoms with Crippen molar-refractivity contribution in [2.75, 3.05) is 18.1 Å². The number of aromatic carboxylic acids is 1. The fourth-order valence-corrected chi connectivity index (χ4v) is 7.13. The molecule has 1 aliphatic heterocycles. The number of hydrogen-bond acceptors (Lipinski definition) is 6. The first kappa shape index (κ1) is 23.3. The van der Waals surface area contributed by atoms with E-state index in [1.165, 1.54) is 12.1 Å². The Morgan fingerprint density at radius 1 is 1.17 bits per heavy atom. The first-order valence-electron chi connectivity index (χ1n) is 9.22. The smallest absolute Gasteiger partial charge is 0.335 e. The zero-order valence-corrected chi connectivity index (χ0v) is 17.7. The molecule has 29 heavy (non-hydrogen) atoms. The van der Waals surface area contributed by atoms with Gasteiger partial charge in [-0.15, -0.1) is 0 Å². The Kier molecular flexibility index (Phi) is 7.41. The van der Waals surface area contributed by atoms with Gasteiger partial charge in [0.15, 0.2) is 9.84 Å². The number of unbranched alkanes of at least 4 members (excludes halogenated alkanes) is 2. The number of hydrogen-bond donors (Lipinski definition) is 2. The first-order chi connectivity index (χ1) is 13.4. The summed E-state index contributed by atoms with van der Waals surface area (Å²) < 4.78 is 51.6. The minimum atomic E-state index is -4.14. The lowest BCUT2D eigenvalue weighted by atomic mass is 10.1. The summed E-state index contributed by atoms with van der Waals surface area (Å²) >= 11 is 0. The molecule has 162 valence electrons. The number of aryl methyl sites for hydroxylation is 1. The number of benzene rings is 1. The highest BCUT2D eigenvalue weighted by molar-refractivity contribution is 7.92. The summed E-state index contributed by atoms with van der Waals surface area (Å²) in [5, 5.41) is 17.9. The van der Waals surface area contributed by atoms with Crippen LogP contribution < -0.4 is 0 Å². The van der Waals surface area contributed by atoms with Gasteiger partial charge in [0, 0.05) is 19.0 Å². The van der Waals surface area contributed by atoms with Crippen LogP contribution in [0.1, 0.15) is 48.0 Å². The van der Waals surface area contributed by atoms with Crippen molar-refractivity contribution < 1.29 is 36.6 Å². The molecule has 0 bridgehead atoms. The van der Waals surface area contributed by atoms with Crippen LogP contribution >= 0.6 is 0 Å². The number of rotatable bonds is 10. The van der Waals surface area contributed by atoms with Gasteiger partial charge in [-0.1, -0.05) is 12.5 Å². The molecule has 1 fully saturated rings. The van der Waals surface area contributed by atoms with Crippen LogP contribution in [-0.4, -0.2) is 67.4 Å². The largest absolute Gasteiger partial charge is 0.481 e. The summed E-state index contributed by atoms with van der Waals surface area (Å²) in [7, 11) is -7.47. The number of carboxylic acids is 2. The van der Waals surface area contributed by atoms with Gasteiger partial charge < -0.3 is 10.2 Å².